The second kappa shape index (κ2) is 10.5. The first kappa shape index (κ1) is 25.2. The molecule has 0 radical (unpaired) electrons. The van der Waals surface area contributed by atoms with Crippen molar-refractivity contribution in [2.45, 2.75) is 25.4 Å². The molecule has 0 saturated heterocycles. The van der Waals surface area contributed by atoms with E-state index >= 15 is 0 Å². The van der Waals surface area contributed by atoms with E-state index in [-0.39, 0.29) is 5.92 Å². The Labute approximate surface area is 226 Å². The lowest BCUT2D eigenvalue weighted by molar-refractivity contribution is 0.178. The third kappa shape index (κ3) is 5.07. The Hall–Kier alpha value is -3.41. The second-order valence-corrected chi connectivity index (χ2v) is 10.7. The van der Waals surface area contributed by atoms with E-state index in [4.69, 9.17) is 9.72 Å². The minimum Gasteiger partial charge on any atom is -0.481 e. The van der Waals surface area contributed by atoms with Gasteiger partial charge >= 0.3 is 0 Å². The summed E-state index contributed by atoms with van der Waals surface area (Å²) in [6.07, 6.45) is 0.0261. The van der Waals surface area contributed by atoms with Crippen LogP contribution in [0.3, 0.4) is 0 Å². The largest absolute Gasteiger partial charge is 0.481 e. The van der Waals surface area contributed by atoms with Crippen LogP contribution in [0.2, 0.25) is 0 Å². The number of fused-ring (bicyclic) bond motifs is 2. The lowest BCUT2D eigenvalue weighted by Gasteiger charge is -2.26. The Morgan fingerprint density at radius 1 is 0.865 bits per heavy atom. The van der Waals surface area contributed by atoms with Gasteiger partial charge < -0.3 is 14.7 Å². The molecule has 1 N–H and O–H groups in total. The van der Waals surface area contributed by atoms with E-state index in [1.807, 2.05) is 19.1 Å². The third-order valence-electron chi connectivity index (χ3n) is 6.92. The van der Waals surface area contributed by atoms with Gasteiger partial charge in [-0.2, -0.15) is 0 Å². The maximum absolute atomic E-state index is 10.7. The molecule has 2 atom stereocenters. The zero-order chi connectivity index (χ0) is 26.1. The lowest BCUT2D eigenvalue weighted by atomic mass is 9.81. The second-order valence-electron chi connectivity index (χ2n) is 9.75. The van der Waals surface area contributed by atoms with E-state index in [9.17, 15) is 5.11 Å². The van der Waals surface area contributed by atoms with E-state index in [1.165, 1.54) is 16.3 Å². The van der Waals surface area contributed by atoms with Crippen molar-refractivity contribution in [2.75, 3.05) is 26.1 Å². The lowest BCUT2D eigenvalue weighted by Crippen LogP contribution is -2.14. The highest BCUT2D eigenvalue weighted by atomic mass is 79.9. The number of benzene rings is 4. The van der Waals surface area contributed by atoms with Crippen LogP contribution >= 0.6 is 15.9 Å². The van der Waals surface area contributed by atoms with Crippen molar-refractivity contribution in [3.05, 3.63) is 101 Å². The number of aliphatic hydroxyl groups is 1. The monoisotopic (exact) mass is 554 g/mol. The molecule has 5 rings (SSSR count). The van der Waals surface area contributed by atoms with Gasteiger partial charge in [-0.25, -0.2) is 4.98 Å². The van der Waals surface area contributed by atoms with Crippen LogP contribution in [0.5, 0.6) is 5.88 Å². The van der Waals surface area contributed by atoms with Crippen LogP contribution in [0, 0.1) is 0 Å². The summed E-state index contributed by atoms with van der Waals surface area (Å²) in [5.74, 6) is 0.456. The Kier molecular flexibility index (Phi) is 7.18. The van der Waals surface area contributed by atoms with Gasteiger partial charge in [-0.05, 0) is 77.2 Å². The van der Waals surface area contributed by atoms with Crippen LogP contribution in [0.25, 0.3) is 32.8 Å². The van der Waals surface area contributed by atoms with Crippen molar-refractivity contribution in [3.8, 4) is 17.0 Å². The van der Waals surface area contributed by atoms with E-state index in [0.29, 0.717) is 12.3 Å². The molecule has 0 aliphatic heterocycles. The molecular formula is C32H31BrN2O2. The van der Waals surface area contributed by atoms with E-state index in [1.54, 1.807) is 7.11 Å². The van der Waals surface area contributed by atoms with Gasteiger partial charge in [0.25, 0.3) is 0 Å². The minimum atomic E-state index is -0.512. The number of nitrogens with zero attached hydrogens (tertiary/aromatic N) is 2. The van der Waals surface area contributed by atoms with Crippen LogP contribution < -0.4 is 9.64 Å². The highest BCUT2D eigenvalue weighted by Crippen LogP contribution is 2.43. The maximum Gasteiger partial charge on any atom is 0.217 e. The molecule has 0 aliphatic carbocycles. The van der Waals surface area contributed by atoms with Crippen molar-refractivity contribution in [2.24, 2.45) is 0 Å². The molecule has 0 spiro atoms. The molecule has 188 valence electrons. The summed E-state index contributed by atoms with van der Waals surface area (Å²) in [7, 11) is 5.78. The number of pyridine rings is 1. The average Bonchev–Trinajstić information content (AvgIpc) is 2.90. The van der Waals surface area contributed by atoms with Crippen molar-refractivity contribution in [3.63, 3.8) is 0 Å². The van der Waals surface area contributed by atoms with Crippen LogP contribution in [-0.2, 0) is 0 Å². The normalized spacial score (nSPS) is 13.0. The van der Waals surface area contributed by atoms with Gasteiger partial charge in [-0.3, -0.25) is 0 Å². The third-order valence-corrected chi connectivity index (χ3v) is 7.42. The topological polar surface area (TPSA) is 45.6 Å². The first-order chi connectivity index (χ1) is 17.9. The highest BCUT2D eigenvalue weighted by Gasteiger charge is 2.26. The minimum absolute atomic E-state index is 0.129. The van der Waals surface area contributed by atoms with E-state index < -0.39 is 6.10 Å². The van der Waals surface area contributed by atoms with Crippen molar-refractivity contribution in [1.82, 2.24) is 4.98 Å². The molecule has 37 heavy (non-hydrogen) atoms. The molecule has 1 heterocycles. The van der Waals surface area contributed by atoms with Crippen molar-refractivity contribution in [1.29, 1.82) is 0 Å². The summed E-state index contributed by atoms with van der Waals surface area (Å²) in [4.78, 5) is 6.98. The van der Waals surface area contributed by atoms with Crippen molar-refractivity contribution >= 4 is 43.3 Å². The molecule has 5 heteroatoms. The molecular weight excluding hydrogens is 524 g/mol. The molecule has 4 aromatic carbocycles. The zero-order valence-corrected chi connectivity index (χ0v) is 23.2. The molecule has 5 aromatic rings. The summed E-state index contributed by atoms with van der Waals surface area (Å²) in [5, 5.41) is 14.1. The van der Waals surface area contributed by atoms with Crippen LogP contribution in [0.4, 0.5) is 5.69 Å². The van der Waals surface area contributed by atoms with Gasteiger partial charge in [0.2, 0.25) is 5.88 Å². The van der Waals surface area contributed by atoms with E-state index in [0.717, 1.165) is 37.8 Å². The smallest absolute Gasteiger partial charge is 0.217 e. The Morgan fingerprint density at radius 3 is 2.41 bits per heavy atom. The summed E-state index contributed by atoms with van der Waals surface area (Å²) in [5.41, 5.74) is 6.41. The van der Waals surface area contributed by atoms with Gasteiger partial charge in [0.1, 0.15) is 0 Å². The van der Waals surface area contributed by atoms with Gasteiger partial charge in [-0.1, -0.05) is 64.5 Å². The number of aromatic nitrogens is 1. The SMILES string of the molecule is COc1nc2ccc(Br)cc2cc1C(CC(C)O)c1ccc(N(C)C)cc1-c1cccc2ccccc12. The van der Waals surface area contributed by atoms with Crippen LogP contribution in [0.15, 0.2) is 89.4 Å². The quantitative estimate of drug-likeness (QED) is 0.223. The number of methoxy groups -OCH3 is 1. The molecule has 0 bridgehead atoms. The number of anilines is 1. The maximum atomic E-state index is 10.7. The number of hydrogen-bond donors (Lipinski definition) is 1. The summed E-state index contributed by atoms with van der Waals surface area (Å²) in [6.45, 7) is 1.84. The fraction of sp³-hybridized carbons (Fsp3) is 0.219. The zero-order valence-electron chi connectivity index (χ0n) is 21.6. The van der Waals surface area contributed by atoms with Crippen LogP contribution in [0.1, 0.15) is 30.4 Å². The number of aliphatic hydroxyl groups excluding tert-OH is 1. The predicted octanol–water partition coefficient (Wildman–Crippen LogP) is 7.79. The number of hydrogen-bond acceptors (Lipinski definition) is 4. The first-order valence-corrected chi connectivity index (χ1v) is 13.3. The van der Waals surface area contributed by atoms with Crippen molar-refractivity contribution < 1.29 is 9.84 Å². The Morgan fingerprint density at radius 2 is 1.65 bits per heavy atom. The molecule has 0 amide bonds. The number of ether oxygens (including phenoxy) is 1. The van der Waals surface area contributed by atoms with Gasteiger partial charge in [-0.15, -0.1) is 0 Å². The molecule has 1 aromatic heterocycles. The van der Waals surface area contributed by atoms with Gasteiger partial charge in [0.15, 0.2) is 0 Å². The summed E-state index contributed by atoms with van der Waals surface area (Å²) in [6, 6.07) is 29.7. The van der Waals surface area contributed by atoms with E-state index in [2.05, 4.69) is 108 Å². The molecule has 2 unspecified atom stereocenters. The first-order valence-electron chi connectivity index (χ1n) is 12.5. The fourth-order valence-corrected chi connectivity index (χ4v) is 5.52. The fourth-order valence-electron chi connectivity index (χ4n) is 5.14. The summed E-state index contributed by atoms with van der Waals surface area (Å²) < 4.78 is 6.83. The Balaban J connectivity index is 1.80. The molecule has 0 saturated carbocycles. The predicted molar refractivity (Wildman–Crippen MR) is 158 cm³/mol. The molecule has 0 fully saturated rings. The number of halogens is 1. The molecule has 4 nitrogen and oxygen atoms in total. The van der Waals surface area contributed by atoms with Crippen LogP contribution in [-0.4, -0.2) is 37.4 Å². The van der Waals surface area contributed by atoms with Gasteiger partial charge in [0.05, 0.1) is 18.7 Å². The van der Waals surface area contributed by atoms with Gasteiger partial charge in [0, 0.05) is 41.1 Å². The highest BCUT2D eigenvalue weighted by molar-refractivity contribution is 9.10. The summed E-state index contributed by atoms with van der Waals surface area (Å²) >= 11 is 3.60. The number of rotatable bonds is 7. The standard InChI is InChI=1S/C32H31BrN2O2/c1-20(36)16-28(30-18-22-17-23(33)12-15-31(22)34-32(30)37-4)27-14-13-24(35(2)3)19-29(27)26-11-7-9-21-8-5-6-10-25(21)26/h5-15,17-20,28,36H,16H2,1-4H3. The Bertz CT molecular complexity index is 1570. The average molecular weight is 556 g/mol. The molecule has 0 aliphatic rings.